The Morgan fingerprint density at radius 3 is 2.55 bits per heavy atom. The molecule has 5 nitrogen and oxygen atoms in total. The molecular weight excluding hydrogens is 274 g/mol. The Kier molecular flexibility index (Phi) is 5.53. The Morgan fingerprint density at radius 1 is 1.35 bits per heavy atom. The van der Waals surface area contributed by atoms with Gasteiger partial charge in [0.25, 0.3) is 10.0 Å². The molecule has 0 saturated carbocycles. The maximum Gasteiger partial charge on any atom is 0.260 e. The molecule has 0 fully saturated rings. The van der Waals surface area contributed by atoms with Gasteiger partial charge in [0.2, 0.25) is 0 Å². The van der Waals surface area contributed by atoms with Gasteiger partial charge in [0.15, 0.2) is 5.03 Å². The van der Waals surface area contributed by atoms with E-state index in [9.17, 15) is 8.42 Å². The second kappa shape index (κ2) is 6.54. The summed E-state index contributed by atoms with van der Waals surface area (Å²) >= 11 is 0. The smallest absolute Gasteiger partial charge is 0.260 e. The van der Waals surface area contributed by atoms with Crippen LogP contribution in [0.4, 0.5) is 5.69 Å². The van der Waals surface area contributed by atoms with E-state index < -0.39 is 10.0 Å². The molecule has 0 aliphatic heterocycles. The topological polar surface area (TPSA) is 71.1 Å². The van der Waals surface area contributed by atoms with Crippen molar-refractivity contribution in [2.45, 2.75) is 39.6 Å². The van der Waals surface area contributed by atoms with Crippen LogP contribution in [0, 0.1) is 11.3 Å². The molecular formula is C14H25N3O2S. The summed E-state index contributed by atoms with van der Waals surface area (Å²) in [6, 6.07) is 3.44. The summed E-state index contributed by atoms with van der Waals surface area (Å²) < 4.78 is 27.3. The first-order valence-electron chi connectivity index (χ1n) is 6.87. The lowest BCUT2D eigenvalue weighted by Crippen LogP contribution is -2.34. The van der Waals surface area contributed by atoms with Crippen LogP contribution in [0.15, 0.2) is 23.4 Å². The minimum absolute atomic E-state index is 0.0527. The molecule has 0 spiro atoms. The van der Waals surface area contributed by atoms with E-state index in [0.29, 0.717) is 18.8 Å². The van der Waals surface area contributed by atoms with E-state index in [2.05, 4.69) is 35.8 Å². The largest absolute Gasteiger partial charge is 0.383 e. The molecule has 0 radical (unpaired) electrons. The molecule has 0 bridgehead atoms. The predicted molar refractivity (Wildman–Crippen MR) is 82.2 cm³/mol. The third-order valence-electron chi connectivity index (χ3n) is 3.45. The van der Waals surface area contributed by atoms with Crippen LogP contribution in [-0.4, -0.2) is 26.5 Å². The number of pyridine rings is 1. The van der Waals surface area contributed by atoms with Crippen LogP contribution in [0.5, 0.6) is 0 Å². The predicted octanol–water partition coefficient (Wildman–Crippen LogP) is 2.47. The number of hydrogen-bond acceptors (Lipinski definition) is 4. The standard InChI is InChI=1S/C14H25N3O2S/c1-6-15-12-8-7-9-16-13(12)20(18,19)17-10-11(2)14(3,4)5/h7-9,11,15,17H,6,10H2,1-5H3. The van der Waals surface area contributed by atoms with E-state index in [4.69, 9.17) is 0 Å². The molecule has 1 unspecified atom stereocenters. The number of nitrogens with zero attached hydrogens (tertiary/aromatic N) is 1. The highest BCUT2D eigenvalue weighted by molar-refractivity contribution is 7.89. The van der Waals surface area contributed by atoms with Crippen molar-refractivity contribution in [2.24, 2.45) is 11.3 Å². The highest BCUT2D eigenvalue weighted by atomic mass is 32.2. The van der Waals surface area contributed by atoms with Crippen molar-refractivity contribution in [3.05, 3.63) is 18.3 Å². The molecule has 20 heavy (non-hydrogen) atoms. The Balaban J connectivity index is 2.90. The van der Waals surface area contributed by atoms with Crippen LogP contribution in [0.2, 0.25) is 0 Å². The molecule has 1 aromatic heterocycles. The van der Waals surface area contributed by atoms with Gasteiger partial charge in [-0.3, -0.25) is 0 Å². The van der Waals surface area contributed by atoms with Gasteiger partial charge in [0, 0.05) is 19.3 Å². The Labute approximate surface area is 122 Å². The third-order valence-corrected chi connectivity index (χ3v) is 4.83. The minimum atomic E-state index is -3.59. The molecule has 114 valence electrons. The zero-order valence-corrected chi connectivity index (χ0v) is 13.7. The lowest BCUT2D eigenvalue weighted by Gasteiger charge is -2.27. The molecule has 0 saturated heterocycles. The molecule has 0 aliphatic carbocycles. The van der Waals surface area contributed by atoms with Crippen LogP contribution < -0.4 is 10.0 Å². The van der Waals surface area contributed by atoms with Crippen molar-refractivity contribution in [1.82, 2.24) is 9.71 Å². The summed E-state index contributed by atoms with van der Waals surface area (Å²) in [5, 5.41) is 3.08. The van der Waals surface area contributed by atoms with Crippen molar-refractivity contribution in [2.75, 3.05) is 18.4 Å². The van der Waals surface area contributed by atoms with Crippen molar-refractivity contribution in [3.63, 3.8) is 0 Å². The van der Waals surface area contributed by atoms with E-state index in [1.54, 1.807) is 12.1 Å². The number of sulfonamides is 1. The fourth-order valence-corrected chi connectivity index (χ4v) is 2.77. The van der Waals surface area contributed by atoms with Crippen molar-refractivity contribution < 1.29 is 8.42 Å². The van der Waals surface area contributed by atoms with Gasteiger partial charge in [0.05, 0.1) is 5.69 Å². The number of aromatic nitrogens is 1. The van der Waals surface area contributed by atoms with Crippen molar-refractivity contribution >= 4 is 15.7 Å². The third kappa shape index (κ3) is 4.45. The van der Waals surface area contributed by atoms with Gasteiger partial charge in [-0.1, -0.05) is 27.7 Å². The Morgan fingerprint density at radius 2 is 2.00 bits per heavy atom. The average molecular weight is 299 g/mol. The zero-order valence-electron chi connectivity index (χ0n) is 12.9. The summed E-state index contributed by atoms with van der Waals surface area (Å²) in [5.41, 5.74) is 0.586. The highest BCUT2D eigenvalue weighted by Crippen LogP contribution is 2.25. The monoisotopic (exact) mass is 299 g/mol. The van der Waals surface area contributed by atoms with E-state index in [-0.39, 0.29) is 16.4 Å². The molecule has 0 amide bonds. The van der Waals surface area contributed by atoms with Crippen LogP contribution in [0.1, 0.15) is 34.6 Å². The quantitative estimate of drug-likeness (QED) is 0.846. The second-order valence-electron chi connectivity index (χ2n) is 6.01. The molecule has 0 aromatic carbocycles. The van der Waals surface area contributed by atoms with Crippen LogP contribution >= 0.6 is 0 Å². The molecule has 0 aliphatic rings. The molecule has 2 N–H and O–H groups in total. The van der Waals surface area contributed by atoms with Gasteiger partial charge >= 0.3 is 0 Å². The fraction of sp³-hybridized carbons (Fsp3) is 0.643. The summed E-state index contributed by atoms with van der Waals surface area (Å²) in [6.45, 7) is 11.3. The minimum Gasteiger partial charge on any atom is -0.383 e. The van der Waals surface area contributed by atoms with Gasteiger partial charge in [0.1, 0.15) is 0 Å². The first kappa shape index (κ1) is 16.9. The van der Waals surface area contributed by atoms with E-state index >= 15 is 0 Å². The maximum atomic E-state index is 12.3. The molecule has 1 heterocycles. The highest BCUT2D eigenvalue weighted by Gasteiger charge is 2.24. The van der Waals surface area contributed by atoms with Crippen molar-refractivity contribution in [1.29, 1.82) is 0 Å². The summed E-state index contributed by atoms with van der Waals surface area (Å²) in [5.74, 6) is 0.226. The lowest BCUT2D eigenvalue weighted by atomic mass is 9.82. The van der Waals surface area contributed by atoms with Crippen LogP contribution in [-0.2, 0) is 10.0 Å². The van der Waals surface area contributed by atoms with Gasteiger partial charge in [-0.2, -0.15) is 0 Å². The van der Waals surface area contributed by atoms with Gasteiger partial charge in [-0.25, -0.2) is 18.1 Å². The SMILES string of the molecule is CCNc1cccnc1S(=O)(=O)NCC(C)C(C)(C)C. The number of rotatable bonds is 6. The number of hydrogen-bond donors (Lipinski definition) is 2. The number of nitrogens with one attached hydrogen (secondary N) is 2. The fourth-order valence-electron chi connectivity index (χ4n) is 1.54. The van der Waals surface area contributed by atoms with Gasteiger partial charge in [-0.15, -0.1) is 0 Å². The lowest BCUT2D eigenvalue weighted by molar-refractivity contribution is 0.263. The summed E-state index contributed by atoms with van der Waals surface area (Å²) in [6.07, 6.45) is 1.49. The van der Waals surface area contributed by atoms with Crippen LogP contribution in [0.3, 0.4) is 0 Å². The first-order chi connectivity index (χ1) is 9.18. The van der Waals surface area contributed by atoms with E-state index in [1.165, 1.54) is 6.20 Å². The summed E-state index contributed by atoms with van der Waals surface area (Å²) in [4.78, 5) is 4.00. The molecule has 1 atom stereocenters. The van der Waals surface area contributed by atoms with Crippen LogP contribution in [0.25, 0.3) is 0 Å². The van der Waals surface area contributed by atoms with Crippen molar-refractivity contribution in [3.8, 4) is 0 Å². The Hall–Kier alpha value is -1.14. The zero-order chi connectivity index (χ0) is 15.4. The average Bonchev–Trinajstić information content (AvgIpc) is 2.36. The maximum absolute atomic E-state index is 12.3. The van der Waals surface area contributed by atoms with Gasteiger partial charge < -0.3 is 5.32 Å². The normalized spacial score (nSPS) is 14.1. The van der Waals surface area contributed by atoms with Gasteiger partial charge in [-0.05, 0) is 30.4 Å². The molecule has 6 heteroatoms. The first-order valence-corrected chi connectivity index (χ1v) is 8.35. The van der Waals surface area contributed by atoms with E-state index in [0.717, 1.165) is 0 Å². The number of anilines is 1. The Bertz CT molecular complexity index is 536. The second-order valence-corrected chi connectivity index (χ2v) is 7.69. The molecule has 1 aromatic rings. The van der Waals surface area contributed by atoms with E-state index in [1.807, 2.05) is 13.8 Å². The molecule has 1 rings (SSSR count). The summed E-state index contributed by atoms with van der Waals surface area (Å²) in [7, 11) is -3.59.